The van der Waals surface area contributed by atoms with Crippen LogP contribution in [0.15, 0.2) is 24.3 Å². The van der Waals surface area contributed by atoms with Gasteiger partial charge in [0.25, 0.3) is 11.8 Å². The molecule has 1 rings (SSSR count). The van der Waals surface area contributed by atoms with E-state index in [2.05, 4.69) is 0 Å². The molecule has 5 N–H and O–H groups in total. The molecule has 80 valence electrons. The molecule has 0 unspecified atom stereocenters. The summed E-state index contributed by atoms with van der Waals surface area (Å²) in [6, 6.07) is 6.16. The first kappa shape index (κ1) is 11.2. The first-order chi connectivity index (χ1) is 6.89. The van der Waals surface area contributed by atoms with Gasteiger partial charge in [-0.25, -0.2) is 0 Å². The van der Waals surface area contributed by atoms with Crippen molar-refractivity contribution in [1.29, 1.82) is 0 Å². The molecule has 1 aromatic carbocycles. The molecule has 0 bridgehead atoms. The van der Waals surface area contributed by atoms with E-state index in [1.54, 1.807) is 12.1 Å². The van der Waals surface area contributed by atoms with Crippen molar-refractivity contribution in [2.75, 3.05) is 0 Å². The van der Waals surface area contributed by atoms with E-state index in [9.17, 15) is 14.7 Å². The molecule has 0 saturated carbocycles. The highest BCUT2D eigenvalue weighted by Crippen LogP contribution is 2.20. The van der Waals surface area contributed by atoms with Crippen molar-refractivity contribution in [2.24, 2.45) is 11.5 Å². The zero-order chi connectivity index (χ0) is 11.6. The van der Waals surface area contributed by atoms with Gasteiger partial charge in [-0.15, -0.1) is 0 Å². The Labute approximate surface area is 86.7 Å². The van der Waals surface area contributed by atoms with Gasteiger partial charge < -0.3 is 16.6 Å². The Morgan fingerprint density at radius 3 is 1.87 bits per heavy atom. The average Bonchev–Trinajstić information content (AvgIpc) is 2.17. The van der Waals surface area contributed by atoms with Gasteiger partial charge in [0, 0.05) is 5.56 Å². The lowest BCUT2D eigenvalue weighted by Crippen LogP contribution is -2.51. The second kappa shape index (κ2) is 3.70. The van der Waals surface area contributed by atoms with Crippen molar-refractivity contribution in [3.8, 4) is 0 Å². The van der Waals surface area contributed by atoms with E-state index in [4.69, 9.17) is 11.5 Å². The van der Waals surface area contributed by atoms with Crippen LogP contribution in [0.3, 0.4) is 0 Å². The van der Waals surface area contributed by atoms with Crippen LogP contribution < -0.4 is 11.5 Å². The molecular weight excluding hydrogens is 196 g/mol. The Hall–Kier alpha value is -1.88. The lowest BCUT2D eigenvalue weighted by molar-refractivity contribution is -0.150. The number of aliphatic hydroxyl groups is 1. The van der Waals surface area contributed by atoms with Crippen molar-refractivity contribution in [3.05, 3.63) is 35.4 Å². The quantitative estimate of drug-likeness (QED) is 0.563. The summed E-state index contributed by atoms with van der Waals surface area (Å²) in [5.41, 5.74) is 8.47. The maximum atomic E-state index is 11.0. The van der Waals surface area contributed by atoms with Gasteiger partial charge in [0.2, 0.25) is 5.60 Å². The molecule has 0 aliphatic rings. The van der Waals surface area contributed by atoms with Gasteiger partial charge in [-0.3, -0.25) is 9.59 Å². The average molecular weight is 208 g/mol. The van der Waals surface area contributed by atoms with E-state index in [-0.39, 0.29) is 5.56 Å². The smallest absolute Gasteiger partial charge is 0.264 e. The molecule has 5 heteroatoms. The first-order valence-corrected chi connectivity index (χ1v) is 4.28. The van der Waals surface area contributed by atoms with Crippen LogP contribution in [0.5, 0.6) is 0 Å². The summed E-state index contributed by atoms with van der Waals surface area (Å²) >= 11 is 0. The van der Waals surface area contributed by atoms with Crippen LogP contribution in [0.1, 0.15) is 11.1 Å². The lowest BCUT2D eigenvalue weighted by atomic mass is 9.92. The van der Waals surface area contributed by atoms with E-state index in [1.165, 1.54) is 12.1 Å². The summed E-state index contributed by atoms with van der Waals surface area (Å²) in [5, 5.41) is 9.78. The summed E-state index contributed by atoms with van der Waals surface area (Å²) in [4.78, 5) is 22.0. The van der Waals surface area contributed by atoms with Crippen LogP contribution in [-0.2, 0) is 15.2 Å². The fraction of sp³-hybridized carbons (Fsp3) is 0.200. The third-order valence-corrected chi connectivity index (χ3v) is 2.18. The standard InChI is InChI=1S/C10H12N2O3/c1-6-2-4-7(5-3-6)10(15,8(11)13)9(12)14/h2-5,15H,1H3,(H2,11,13)(H2,12,14). The Kier molecular flexibility index (Phi) is 2.76. The Balaban J connectivity index is 3.28. The van der Waals surface area contributed by atoms with Gasteiger partial charge >= 0.3 is 0 Å². The predicted molar refractivity (Wildman–Crippen MR) is 53.5 cm³/mol. The SMILES string of the molecule is Cc1ccc(C(O)(C(N)=O)C(N)=O)cc1. The number of benzene rings is 1. The highest BCUT2D eigenvalue weighted by molar-refractivity contribution is 6.07. The minimum Gasteiger partial charge on any atom is -0.368 e. The zero-order valence-corrected chi connectivity index (χ0v) is 8.23. The Morgan fingerprint density at radius 2 is 1.53 bits per heavy atom. The van der Waals surface area contributed by atoms with Crippen molar-refractivity contribution >= 4 is 11.8 Å². The molecule has 2 amide bonds. The molecule has 0 aromatic heterocycles. The molecular formula is C10H12N2O3. The van der Waals surface area contributed by atoms with Crippen molar-refractivity contribution in [1.82, 2.24) is 0 Å². The molecule has 0 saturated heterocycles. The Morgan fingerprint density at radius 1 is 1.13 bits per heavy atom. The number of hydrogen-bond acceptors (Lipinski definition) is 3. The van der Waals surface area contributed by atoms with Crippen LogP contribution in [0, 0.1) is 6.92 Å². The third kappa shape index (κ3) is 1.82. The van der Waals surface area contributed by atoms with E-state index in [1.807, 2.05) is 6.92 Å². The second-order valence-corrected chi connectivity index (χ2v) is 3.30. The van der Waals surface area contributed by atoms with E-state index in [0.717, 1.165) is 5.56 Å². The zero-order valence-electron chi connectivity index (χ0n) is 8.23. The summed E-state index contributed by atoms with van der Waals surface area (Å²) in [6.07, 6.45) is 0. The lowest BCUT2D eigenvalue weighted by Gasteiger charge is -2.21. The van der Waals surface area contributed by atoms with Crippen LogP contribution in [0.2, 0.25) is 0 Å². The van der Waals surface area contributed by atoms with Crippen molar-refractivity contribution < 1.29 is 14.7 Å². The normalized spacial score (nSPS) is 11.1. The minimum absolute atomic E-state index is 0.0769. The number of nitrogens with two attached hydrogens (primary N) is 2. The highest BCUT2D eigenvalue weighted by Gasteiger charge is 2.42. The van der Waals surface area contributed by atoms with Gasteiger partial charge in [-0.1, -0.05) is 29.8 Å². The van der Waals surface area contributed by atoms with Crippen molar-refractivity contribution in [2.45, 2.75) is 12.5 Å². The number of primary amides is 2. The van der Waals surface area contributed by atoms with Gasteiger partial charge in [0.1, 0.15) is 0 Å². The van der Waals surface area contributed by atoms with E-state index >= 15 is 0 Å². The highest BCUT2D eigenvalue weighted by atomic mass is 16.3. The minimum atomic E-state index is -2.44. The number of carbonyl (C=O) groups excluding carboxylic acids is 2. The van der Waals surface area contributed by atoms with E-state index < -0.39 is 17.4 Å². The molecule has 0 radical (unpaired) electrons. The third-order valence-electron chi connectivity index (χ3n) is 2.18. The van der Waals surface area contributed by atoms with Crippen LogP contribution in [-0.4, -0.2) is 16.9 Å². The number of aryl methyl sites for hydroxylation is 1. The summed E-state index contributed by atoms with van der Waals surface area (Å²) in [5.74, 6) is -2.36. The van der Waals surface area contributed by atoms with Gasteiger partial charge in [-0.05, 0) is 6.92 Å². The monoisotopic (exact) mass is 208 g/mol. The van der Waals surface area contributed by atoms with Crippen LogP contribution in [0.25, 0.3) is 0 Å². The van der Waals surface area contributed by atoms with E-state index in [0.29, 0.717) is 0 Å². The summed E-state index contributed by atoms with van der Waals surface area (Å²) in [7, 11) is 0. The molecule has 0 aliphatic carbocycles. The van der Waals surface area contributed by atoms with Crippen LogP contribution in [0.4, 0.5) is 0 Å². The number of rotatable bonds is 3. The first-order valence-electron chi connectivity index (χ1n) is 4.28. The molecule has 15 heavy (non-hydrogen) atoms. The number of amides is 2. The second-order valence-electron chi connectivity index (χ2n) is 3.30. The van der Waals surface area contributed by atoms with Crippen LogP contribution >= 0.6 is 0 Å². The molecule has 5 nitrogen and oxygen atoms in total. The predicted octanol–water partition coefficient (Wildman–Crippen LogP) is -0.847. The number of carbonyl (C=O) groups is 2. The fourth-order valence-corrected chi connectivity index (χ4v) is 1.20. The summed E-state index contributed by atoms with van der Waals surface area (Å²) in [6.45, 7) is 1.83. The molecule has 0 fully saturated rings. The molecule has 0 spiro atoms. The fourth-order valence-electron chi connectivity index (χ4n) is 1.20. The summed E-state index contributed by atoms with van der Waals surface area (Å²) < 4.78 is 0. The largest absolute Gasteiger partial charge is 0.368 e. The maximum Gasteiger partial charge on any atom is 0.264 e. The van der Waals surface area contributed by atoms with Crippen molar-refractivity contribution in [3.63, 3.8) is 0 Å². The maximum absolute atomic E-state index is 11.0. The number of hydrogen-bond donors (Lipinski definition) is 3. The topological polar surface area (TPSA) is 106 Å². The Bertz CT molecular complexity index is 384. The van der Waals surface area contributed by atoms with Gasteiger partial charge in [0.05, 0.1) is 0 Å². The van der Waals surface area contributed by atoms with Gasteiger partial charge in [0.15, 0.2) is 0 Å². The molecule has 0 heterocycles. The molecule has 1 aromatic rings. The van der Waals surface area contributed by atoms with Gasteiger partial charge in [-0.2, -0.15) is 0 Å². The molecule has 0 aliphatic heterocycles. The molecule has 0 atom stereocenters.